The Labute approximate surface area is 108 Å². The largest absolute Gasteiger partial charge is 0.471 e. The molecule has 0 aliphatic rings. The second-order valence-electron chi connectivity index (χ2n) is 3.95. The summed E-state index contributed by atoms with van der Waals surface area (Å²) in [5, 5.41) is 4.18. The van der Waals surface area contributed by atoms with Crippen molar-refractivity contribution in [1.29, 1.82) is 0 Å². The second kappa shape index (κ2) is 6.21. The van der Waals surface area contributed by atoms with Crippen LogP contribution in [0.5, 0.6) is 0 Å². The van der Waals surface area contributed by atoms with Crippen LogP contribution in [0.25, 0.3) is 0 Å². The van der Waals surface area contributed by atoms with E-state index in [1.54, 1.807) is 35.6 Å². The van der Waals surface area contributed by atoms with Crippen LogP contribution in [-0.4, -0.2) is 30.6 Å². The highest BCUT2D eigenvalue weighted by molar-refractivity contribution is 5.94. The quantitative estimate of drug-likeness (QED) is 0.873. The third-order valence-corrected chi connectivity index (χ3v) is 2.24. The molecule has 2 amide bonds. The maximum atomic E-state index is 12.0. The average Bonchev–Trinajstić information content (AvgIpc) is 2.35. The molecule has 1 atom stereocenters. The van der Waals surface area contributed by atoms with Gasteiger partial charge in [0.15, 0.2) is 0 Å². The van der Waals surface area contributed by atoms with Crippen molar-refractivity contribution in [2.24, 2.45) is 0 Å². The molecule has 4 nitrogen and oxygen atoms in total. The smallest absolute Gasteiger partial charge is 0.350 e. The van der Waals surface area contributed by atoms with Crippen molar-refractivity contribution in [2.75, 3.05) is 6.54 Å². The topological polar surface area (TPSA) is 58.2 Å². The van der Waals surface area contributed by atoms with Crippen LogP contribution in [-0.2, 0) is 4.79 Å². The highest BCUT2D eigenvalue weighted by Gasteiger charge is 2.39. The van der Waals surface area contributed by atoms with Gasteiger partial charge in [0.2, 0.25) is 0 Å². The van der Waals surface area contributed by atoms with Crippen molar-refractivity contribution < 1.29 is 22.8 Å². The predicted molar refractivity (Wildman–Crippen MR) is 62.4 cm³/mol. The summed E-state index contributed by atoms with van der Waals surface area (Å²) in [6.07, 6.45) is -4.92. The van der Waals surface area contributed by atoms with Gasteiger partial charge in [-0.25, -0.2) is 0 Å². The standard InChI is InChI=1S/C12H13F3N2O2/c1-8(17-11(19)12(13,14)15)7-16-10(18)9-5-3-2-4-6-9/h2-6,8H,7H2,1H3,(H,16,18)(H,17,19). The Bertz CT molecular complexity index is 446. The van der Waals surface area contributed by atoms with E-state index in [9.17, 15) is 22.8 Å². The zero-order valence-corrected chi connectivity index (χ0v) is 10.1. The minimum absolute atomic E-state index is 0.0878. The van der Waals surface area contributed by atoms with Crippen LogP contribution in [0, 0.1) is 0 Å². The summed E-state index contributed by atoms with van der Waals surface area (Å²) in [4.78, 5) is 22.2. The van der Waals surface area contributed by atoms with Gasteiger partial charge in [-0.05, 0) is 19.1 Å². The number of amides is 2. The van der Waals surface area contributed by atoms with Gasteiger partial charge >= 0.3 is 12.1 Å². The van der Waals surface area contributed by atoms with Crippen LogP contribution < -0.4 is 10.6 Å². The third-order valence-electron chi connectivity index (χ3n) is 2.24. The van der Waals surface area contributed by atoms with Gasteiger partial charge in [-0.1, -0.05) is 18.2 Å². The molecule has 104 valence electrons. The molecule has 0 saturated carbocycles. The molecule has 0 aliphatic heterocycles. The fourth-order valence-corrected chi connectivity index (χ4v) is 1.29. The van der Waals surface area contributed by atoms with E-state index in [-0.39, 0.29) is 6.54 Å². The van der Waals surface area contributed by atoms with Gasteiger partial charge in [-0.15, -0.1) is 0 Å². The summed E-state index contributed by atoms with van der Waals surface area (Å²) >= 11 is 0. The van der Waals surface area contributed by atoms with Gasteiger partial charge in [0, 0.05) is 18.2 Å². The molecule has 7 heteroatoms. The molecule has 19 heavy (non-hydrogen) atoms. The first-order valence-corrected chi connectivity index (χ1v) is 5.51. The Morgan fingerprint density at radius 3 is 2.32 bits per heavy atom. The SMILES string of the molecule is CC(CNC(=O)c1ccccc1)NC(=O)C(F)(F)F. The molecule has 1 aromatic carbocycles. The van der Waals surface area contributed by atoms with Crippen LogP contribution >= 0.6 is 0 Å². The average molecular weight is 274 g/mol. The van der Waals surface area contributed by atoms with Gasteiger partial charge in [0.25, 0.3) is 5.91 Å². The van der Waals surface area contributed by atoms with Crippen molar-refractivity contribution >= 4 is 11.8 Å². The van der Waals surface area contributed by atoms with Gasteiger partial charge in [0.1, 0.15) is 0 Å². The zero-order chi connectivity index (χ0) is 14.5. The fraction of sp³-hybridized carbons (Fsp3) is 0.333. The molecule has 2 N–H and O–H groups in total. The minimum Gasteiger partial charge on any atom is -0.350 e. The molecule has 0 fully saturated rings. The van der Waals surface area contributed by atoms with E-state index in [4.69, 9.17) is 0 Å². The lowest BCUT2D eigenvalue weighted by Crippen LogP contribution is -2.46. The molecule has 1 unspecified atom stereocenters. The summed E-state index contributed by atoms with van der Waals surface area (Å²) in [6, 6.07) is 7.42. The van der Waals surface area contributed by atoms with Crippen LogP contribution in [0.4, 0.5) is 13.2 Å². The number of carbonyl (C=O) groups excluding carboxylic acids is 2. The summed E-state index contributed by atoms with van der Waals surface area (Å²) in [7, 11) is 0. The first-order valence-electron chi connectivity index (χ1n) is 5.51. The van der Waals surface area contributed by atoms with Crippen molar-refractivity contribution in [3.05, 3.63) is 35.9 Å². The Morgan fingerprint density at radius 1 is 1.21 bits per heavy atom. The molecule has 0 bridgehead atoms. The van der Waals surface area contributed by atoms with E-state index in [0.29, 0.717) is 5.56 Å². The maximum Gasteiger partial charge on any atom is 0.471 e. The molecule has 0 spiro atoms. The second-order valence-corrected chi connectivity index (χ2v) is 3.95. The number of hydrogen-bond acceptors (Lipinski definition) is 2. The van der Waals surface area contributed by atoms with Gasteiger partial charge in [-0.3, -0.25) is 9.59 Å². The number of benzene rings is 1. The number of carbonyl (C=O) groups is 2. The number of halogens is 3. The maximum absolute atomic E-state index is 12.0. The highest BCUT2D eigenvalue weighted by atomic mass is 19.4. The number of rotatable bonds is 4. The Hall–Kier alpha value is -2.05. The van der Waals surface area contributed by atoms with Crippen LogP contribution in [0.3, 0.4) is 0 Å². The number of nitrogens with one attached hydrogen (secondary N) is 2. The lowest BCUT2D eigenvalue weighted by molar-refractivity contribution is -0.174. The first kappa shape index (κ1) is 15.0. The summed E-state index contributed by atoms with van der Waals surface area (Å²) in [5.41, 5.74) is 0.400. The Morgan fingerprint density at radius 2 is 1.79 bits per heavy atom. The molecule has 0 radical (unpaired) electrons. The highest BCUT2D eigenvalue weighted by Crippen LogP contribution is 2.14. The van der Waals surface area contributed by atoms with Crippen LogP contribution in [0.1, 0.15) is 17.3 Å². The van der Waals surface area contributed by atoms with E-state index in [0.717, 1.165) is 0 Å². The van der Waals surface area contributed by atoms with E-state index in [2.05, 4.69) is 5.32 Å². The summed E-state index contributed by atoms with van der Waals surface area (Å²) in [6.45, 7) is 1.28. The van der Waals surface area contributed by atoms with Gasteiger partial charge < -0.3 is 10.6 Å². The monoisotopic (exact) mass is 274 g/mol. The number of alkyl halides is 3. The summed E-state index contributed by atoms with van der Waals surface area (Å²) < 4.78 is 35.9. The molecule has 1 aromatic rings. The lowest BCUT2D eigenvalue weighted by Gasteiger charge is -2.15. The van der Waals surface area contributed by atoms with Crippen LogP contribution in [0.15, 0.2) is 30.3 Å². The zero-order valence-electron chi connectivity index (χ0n) is 10.1. The molecule has 0 aromatic heterocycles. The predicted octanol–water partition coefficient (Wildman–Crippen LogP) is 1.48. The first-order chi connectivity index (χ1) is 8.80. The Balaban J connectivity index is 2.41. The van der Waals surface area contributed by atoms with Crippen LogP contribution in [0.2, 0.25) is 0 Å². The molecule has 0 aliphatic carbocycles. The molecule has 0 heterocycles. The molecular formula is C12H13F3N2O2. The van der Waals surface area contributed by atoms with E-state index in [1.807, 2.05) is 0 Å². The van der Waals surface area contributed by atoms with E-state index in [1.165, 1.54) is 6.92 Å². The normalized spacial score (nSPS) is 12.6. The Kier molecular flexibility index (Phi) is 4.91. The fourth-order valence-electron chi connectivity index (χ4n) is 1.29. The van der Waals surface area contributed by atoms with Crippen molar-refractivity contribution in [1.82, 2.24) is 10.6 Å². The molecule has 1 rings (SSSR count). The molecular weight excluding hydrogens is 261 g/mol. The number of hydrogen-bond donors (Lipinski definition) is 2. The summed E-state index contributed by atoms with van der Waals surface area (Å²) in [5.74, 6) is -2.43. The van der Waals surface area contributed by atoms with Gasteiger partial charge in [0.05, 0.1) is 0 Å². The van der Waals surface area contributed by atoms with Crippen molar-refractivity contribution in [3.8, 4) is 0 Å². The van der Waals surface area contributed by atoms with E-state index < -0.39 is 24.0 Å². The van der Waals surface area contributed by atoms with Crippen molar-refractivity contribution in [3.63, 3.8) is 0 Å². The van der Waals surface area contributed by atoms with E-state index >= 15 is 0 Å². The van der Waals surface area contributed by atoms with Gasteiger partial charge in [-0.2, -0.15) is 13.2 Å². The minimum atomic E-state index is -4.92. The lowest BCUT2D eigenvalue weighted by atomic mass is 10.2. The van der Waals surface area contributed by atoms with Crippen molar-refractivity contribution in [2.45, 2.75) is 19.1 Å². The third kappa shape index (κ3) is 4.99. The molecule has 0 saturated heterocycles.